The van der Waals surface area contributed by atoms with E-state index < -0.39 is 0 Å². The van der Waals surface area contributed by atoms with Gasteiger partial charge < -0.3 is 10.4 Å². The van der Waals surface area contributed by atoms with Crippen molar-refractivity contribution >= 4 is 17.2 Å². The van der Waals surface area contributed by atoms with Gasteiger partial charge in [-0.1, -0.05) is 11.8 Å². The Bertz CT molecular complexity index is 649. The molecule has 0 aliphatic heterocycles. The molecule has 6 heteroatoms. The van der Waals surface area contributed by atoms with E-state index in [1.807, 2.05) is 19.3 Å². The van der Waals surface area contributed by atoms with Crippen LogP contribution in [0.4, 0.5) is 0 Å². The number of nitrogens with zero attached hydrogens (tertiary/aromatic N) is 2. The molecule has 20 heavy (non-hydrogen) atoms. The van der Waals surface area contributed by atoms with E-state index in [9.17, 15) is 4.79 Å². The number of rotatable bonds is 4. The van der Waals surface area contributed by atoms with Crippen molar-refractivity contribution in [3.05, 3.63) is 39.8 Å². The molecular weight excluding hydrogens is 274 g/mol. The Morgan fingerprint density at radius 3 is 3.15 bits per heavy atom. The van der Waals surface area contributed by atoms with Gasteiger partial charge in [0.15, 0.2) is 0 Å². The Morgan fingerprint density at radius 2 is 2.45 bits per heavy atom. The van der Waals surface area contributed by atoms with Crippen LogP contribution in [0.3, 0.4) is 0 Å². The van der Waals surface area contributed by atoms with E-state index >= 15 is 0 Å². The Hall–Kier alpha value is -2.10. The third kappa shape index (κ3) is 3.95. The van der Waals surface area contributed by atoms with Crippen molar-refractivity contribution in [2.24, 2.45) is 7.05 Å². The Morgan fingerprint density at radius 1 is 1.60 bits per heavy atom. The topological polar surface area (TPSA) is 67.2 Å². The van der Waals surface area contributed by atoms with Gasteiger partial charge in [-0.3, -0.25) is 9.48 Å². The molecule has 5 nitrogen and oxygen atoms in total. The predicted octanol–water partition coefficient (Wildman–Crippen LogP) is 0.798. The quantitative estimate of drug-likeness (QED) is 0.818. The van der Waals surface area contributed by atoms with Crippen LogP contribution in [-0.4, -0.2) is 33.9 Å². The number of aliphatic hydroxyl groups excluding tert-OH is 1. The number of aromatic nitrogens is 2. The second-order valence-electron chi connectivity index (χ2n) is 4.15. The van der Waals surface area contributed by atoms with Crippen LogP contribution in [0.2, 0.25) is 0 Å². The number of hydrogen-bond donors (Lipinski definition) is 2. The summed E-state index contributed by atoms with van der Waals surface area (Å²) in [6, 6.07) is 3.66. The lowest BCUT2D eigenvalue weighted by Crippen LogP contribution is -2.25. The van der Waals surface area contributed by atoms with Crippen molar-refractivity contribution in [1.82, 2.24) is 15.1 Å². The Balaban J connectivity index is 1.84. The van der Waals surface area contributed by atoms with Crippen LogP contribution < -0.4 is 5.32 Å². The number of carbonyl (C=O) groups excluding carboxylic acids is 1. The third-order valence-corrected chi connectivity index (χ3v) is 3.43. The van der Waals surface area contributed by atoms with E-state index in [0.29, 0.717) is 18.5 Å². The van der Waals surface area contributed by atoms with Gasteiger partial charge in [0.05, 0.1) is 16.1 Å². The molecule has 2 rings (SSSR count). The van der Waals surface area contributed by atoms with Gasteiger partial charge in [0.2, 0.25) is 0 Å². The summed E-state index contributed by atoms with van der Waals surface area (Å²) in [5.74, 6) is 5.22. The minimum absolute atomic E-state index is 0.116. The molecular formula is C14H15N3O2S. The molecule has 2 aromatic rings. The van der Waals surface area contributed by atoms with Crippen molar-refractivity contribution in [3.63, 3.8) is 0 Å². The van der Waals surface area contributed by atoms with Crippen molar-refractivity contribution < 1.29 is 9.90 Å². The standard InChI is InChI=1S/C14H15N3O2S/c1-17-7-5-12(16-17)4-6-15-14(19)11-9-13(20-10-11)3-2-8-18/h5,7,9-10,18H,4,6,8H2,1H3,(H,15,19). The normalized spacial score (nSPS) is 9.90. The first kappa shape index (κ1) is 14.3. The van der Waals surface area contributed by atoms with Gasteiger partial charge in [0.1, 0.15) is 6.61 Å². The molecule has 0 saturated heterocycles. The summed E-state index contributed by atoms with van der Waals surface area (Å²) in [5, 5.41) is 17.5. The SMILES string of the molecule is Cn1ccc(CCNC(=O)c2csc(C#CCO)c2)n1. The second kappa shape index (κ2) is 6.89. The molecule has 0 aliphatic rings. The molecule has 0 radical (unpaired) electrons. The number of thiophene rings is 1. The van der Waals surface area contributed by atoms with Gasteiger partial charge >= 0.3 is 0 Å². The van der Waals surface area contributed by atoms with Crippen molar-refractivity contribution in [1.29, 1.82) is 0 Å². The number of aliphatic hydroxyl groups is 1. The maximum atomic E-state index is 11.9. The van der Waals surface area contributed by atoms with Crippen LogP contribution in [0.25, 0.3) is 0 Å². The summed E-state index contributed by atoms with van der Waals surface area (Å²) in [7, 11) is 1.86. The lowest BCUT2D eigenvalue weighted by molar-refractivity contribution is 0.0954. The molecule has 2 aromatic heterocycles. The first-order valence-electron chi connectivity index (χ1n) is 6.14. The van der Waals surface area contributed by atoms with E-state index in [-0.39, 0.29) is 12.5 Å². The lowest BCUT2D eigenvalue weighted by Gasteiger charge is -2.01. The monoisotopic (exact) mass is 289 g/mol. The predicted molar refractivity (Wildman–Crippen MR) is 77.5 cm³/mol. The summed E-state index contributed by atoms with van der Waals surface area (Å²) < 4.78 is 1.74. The maximum absolute atomic E-state index is 11.9. The first-order valence-corrected chi connectivity index (χ1v) is 7.02. The van der Waals surface area contributed by atoms with Crippen molar-refractivity contribution in [2.45, 2.75) is 6.42 Å². The van der Waals surface area contributed by atoms with E-state index in [4.69, 9.17) is 5.11 Å². The largest absolute Gasteiger partial charge is 0.384 e. The summed E-state index contributed by atoms with van der Waals surface area (Å²) in [4.78, 5) is 12.7. The molecule has 0 atom stereocenters. The summed E-state index contributed by atoms with van der Waals surface area (Å²) >= 11 is 1.39. The average Bonchev–Trinajstić information content (AvgIpc) is 3.05. The minimum Gasteiger partial charge on any atom is -0.384 e. The third-order valence-electron chi connectivity index (χ3n) is 2.59. The molecule has 0 fully saturated rings. The zero-order valence-corrected chi connectivity index (χ0v) is 11.9. The lowest BCUT2D eigenvalue weighted by atomic mass is 10.2. The highest BCUT2D eigenvalue weighted by Gasteiger charge is 2.07. The van der Waals surface area contributed by atoms with Gasteiger partial charge in [-0.05, 0) is 12.1 Å². The molecule has 1 amide bonds. The van der Waals surface area contributed by atoms with Gasteiger partial charge in [-0.15, -0.1) is 11.3 Å². The Labute approximate surface area is 121 Å². The van der Waals surface area contributed by atoms with E-state index in [2.05, 4.69) is 22.3 Å². The molecule has 0 bridgehead atoms. The number of hydrogen-bond acceptors (Lipinski definition) is 4. The number of amides is 1. The molecule has 0 aliphatic carbocycles. The highest BCUT2D eigenvalue weighted by Crippen LogP contribution is 2.13. The molecule has 0 saturated carbocycles. The fourth-order valence-electron chi connectivity index (χ4n) is 1.65. The van der Waals surface area contributed by atoms with Crippen LogP contribution in [0, 0.1) is 11.8 Å². The average molecular weight is 289 g/mol. The van der Waals surface area contributed by atoms with Crippen LogP contribution in [0.1, 0.15) is 20.9 Å². The van der Waals surface area contributed by atoms with Gasteiger partial charge in [0.25, 0.3) is 5.91 Å². The van der Waals surface area contributed by atoms with Gasteiger partial charge in [-0.25, -0.2) is 0 Å². The molecule has 0 spiro atoms. The fourth-order valence-corrected chi connectivity index (χ4v) is 2.41. The first-order chi connectivity index (χ1) is 9.69. The van der Waals surface area contributed by atoms with E-state index in [1.165, 1.54) is 11.3 Å². The molecule has 2 heterocycles. The van der Waals surface area contributed by atoms with Crippen LogP contribution in [-0.2, 0) is 13.5 Å². The zero-order chi connectivity index (χ0) is 14.4. The molecule has 0 unspecified atom stereocenters. The minimum atomic E-state index is -0.177. The highest BCUT2D eigenvalue weighted by molar-refractivity contribution is 7.10. The van der Waals surface area contributed by atoms with Crippen LogP contribution in [0.5, 0.6) is 0 Å². The fraction of sp³-hybridized carbons (Fsp3) is 0.286. The summed E-state index contributed by atoms with van der Waals surface area (Å²) in [6.45, 7) is 0.368. The molecule has 104 valence electrons. The summed E-state index contributed by atoms with van der Waals surface area (Å²) in [6.07, 6.45) is 2.58. The summed E-state index contributed by atoms with van der Waals surface area (Å²) in [5.41, 5.74) is 1.55. The van der Waals surface area contributed by atoms with Crippen LogP contribution >= 0.6 is 11.3 Å². The second-order valence-corrected chi connectivity index (χ2v) is 5.06. The van der Waals surface area contributed by atoms with Gasteiger partial charge in [-0.2, -0.15) is 5.10 Å². The zero-order valence-electron chi connectivity index (χ0n) is 11.1. The maximum Gasteiger partial charge on any atom is 0.252 e. The van der Waals surface area contributed by atoms with Crippen molar-refractivity contribution in [3.8, 4) is 11.8 Å². The van der Waals surface area contributed by atoms with E-state index in [1.54, 1.807) is 16.1 Å². The molecule has 2 N–H and O–H groups in total. The number of aryl methyl sites for hydroxylation is 1. The Kier molecular flexibility index (Phi) is 4.93. The number of nitrogens with one attached hydrogen (secondary N) is 1. The highest BCUT2D eigenvalue weighted by atomic mass is 32.1. The van der Waals surface area contributed by atoms with Gasteiger partial charge in [0, 0.05) is 31.6 Å². The smallest absolute Gasteiger partial charge is 0.252 e. The molecule has 0 aromatic carbocycles. The van der Waals surface area contributed by atoms with Crippen molar-refractivity contribution in [2.75, 3.05) is 13.2 Å². The van der Waals surface area contributed by atoms with Crippen LogP contribution in [0.15, 0.2) is 23.7 Å². The van der Waals surface area contributed by atoms with E-state index in [0.717, 1.165) is 10.6 Å². The number of carbonyl (C=O) groups is 1.